The number of nitrogens with zero attached hydrogens (tertiary/aromatic N) is 3. The third-order valence-electron chi connectivity index (χ3n) is 6.82. The molecule has 1 aliphatic heterocycles. The molecule has 1 saturated heterocycles. The number of anilines is 1. The van der Waals surface area contributed by atoms with Gasteiger partial charge in [0.1, 0.15) is 0 Å². The highest BCUT2D eigenvalue weighted by Gasteiger charge is 2.34. The fourth-order valence-electron chi connectivity index (χ4n) is 4.95. The highest BCUT2D eigenvalue weighted by molar-refractivity contribution is 5.92. The van der Waals surface area contributed by atoms with E-state index < -0.39 is 0 Å². The lowest BCUT2D eigenvalue weighted by atomic mass is 9.83. The number of aryl methyl sites for hydroxylation is 1. The van der Waals surface area contributed by atoms with Gasteiger partial charge in [0.05, 0.1) is 31.3 Å². The molecular formula is C23H35N5O2. The van der Waals surface area contributed by atoms with Crippen LogP contribution in [0, 0.1) is 12.8 Å². The SMILES string of the molecule is CC[C@H]1CC[C@@H](N2CC(NC(=O)CNc3nn(CCO)c4ccc(C)cc34)C2)CC1. The molecule has 7 heteroatoms. The number of likely N-dealkylation sites (tertiary alicyclic amines) is 1. The summed E-state index contributed by atoms with van der Waals surface area (Å²) < 4.78 is 1.78. The average Bonchev–Trinajstić information content (AvgIpc) is 3.06. The number of nitrogens with one attached hydrogen (secondary N) is 2. The maximum absolute atomic E-state index is 12.5. The van der Waals surface area contributed by atoms with Crippen molar-refractivity contribution >= 4 is 22.6 Å². The summed E-state index contributed by atoms with van der Waals surface area (Å²) in [5.41, 5.74) is 2.10. The predicted octanol–water partition coefficient (Wildman–Crippen LogP) is 2.52. The van der Waals surface area contributed by atoms with Crippen LogP contribution in [-0.4, -0.2) is 64.0 Å². The van der Waals surface area contributed by atoms with Crippen LogP contribution in [-0.2, 0) is 11.3 Å². The van der Waals surface area contributed by atoms with Gasteiger partial charge in [-0.3, -0.25) is 14.4 Å². The van der Waals surface area contributed by atoms with Crippen molar-refractivity contribution in [3.05, 3.63) is 23.8 Å². The Balaban J connectivity index is 1.26. The Bertz CT molecular complexity index is 866. The molecule has 1 amide bonds. The zero-order valence-electron chi connectivity index (χ0n) is 18.2. The van der Waals surface area contributed by atoms with Gasteiger partial charge in [-0.25, -0.2) is 0 Å². The number of aliphatic hydroxyl groups excluding tert-OH is 1. The van der Waals surface area contributed by atoms with Gasteiger partial charge in [-0.15, -0.1) is 0 Å². The molecular weight excluding hydrogens is 378 g/mol. The van der Waals surface area contributed by atoms with Gasteiger partial charge in [0.2, 0.25) is 5.91 Å². The zero-order valence-corrected chi connectivity index (χ0v) is 18.2. The van der Waals surface area contributed by atoms with Crippen LogP contribution < -0.4 is 10.6 Å². The number of fused-ring (bicyclic) bond motifs is 1. The normalized spacial score (nSPS) is 22.8. The Morgan fingerprint density at radius 3 is 2.70 bits per heavy atom. The van der Waals surface area contributed by atoms with E-state index in [1.807, 2.05) is 19.1 Å². The summed E-state index contributed by atoms with van der Waals surface area (Å²) in [5.74, 6) is 1.62. The first kappa shape index (κ1) is 21.1. The molecule has 7 nitrogen and oxygen atoms in total. The van der Waals surface area contributed by atoms with Crippen LogP contribution in [0.1, 0.15) is 44.6 Å². The van der Waals surface area contributed by atoms with Crippen molar-refractivity contribution < 1.29 is 9.90 Å². The number of rotatable bonds is 8. The first-order valence-corrected chi connectivity index (χ1v) is 11.4. The van der Waals surface area contributed by atoms with Gasteiger partial charge >= 0.3 is 0 Å². The highest BCUT2D eigenvalue weighted by Crippen LogP contribution is 2.31. The van der Waals surface area contributed by atoms with Crippen molar-refractivity contribution in [3.63, 3.8) is 0 Å². The lowest BCUT2D eigenvalue weighted by Crippen LogP contribution is -2.63. The van der Waals surface area contributed by atoms with Crippen molar-refractivity contribution in [1.82, 2.24) is 20.0 Å². The maximum atomic E-state index is 12.5. The molecule has 0 bridgehead atoms. The summed E-state index contributed by atoms with van der Waals surface area (Å²) in [7, 11) is 0. The first-order chi connectivity index (χ1) is 14.6. The van der Waals surface area contributed by atoms with E-state index in [9.17, 15) is 9.90 Å². The second-order valence-electron chi connectivity index (χ2n) is 8.97. The number of benzene rings is 1. The summed E-state index contributed by atoms with van der Waals surface area (Å²) in [6.45, 7) is 6.96. The summed E-state index contributed by atoms with van der Waals surface area (Å²) in [6.07, 6.45) is 6.64. The van der Waals surface area contributed by atoms with Crippen LogP contribution in [0.5, 0.6) is 0 Å². The van der Waals surface area contributed by atoms with E-state index in [0.717, 1.165) is 35.5 Å². The van der Waals surface area contributed by atoms with E-state index in [4.69, 9.17) is 0 Å². The molecule has 0 spiro atoms. The molecule has 2 heterocycles. The van der Waals surface area contributed by atoms with E-state index in [-0.39, 0.29) is 25.1 Å². The Labute approximate surface area is 178 Å². The van der Waals surface area contributed by atoms with Crippen LogP contribution in [0.2, 0.25) is 0 Å². The number of amides is 1. The second kappa shape index (κ2) is 9.35. The number of carbonyl (C=O) groups excluding carboxylic acids is 1. The average molecular weight is 414 g/mol. The molecule has 1 aliphatic carbocycles. The molecule has 0 unspecified atom stereocenters. The number of carbonyl (C=O) groups is 1. The predicted molar refractivity (Wildman–Crippen MR) is 120 cm³/mol. The first-order valence-electron chi connectivity index (χ1n) is 11.4. The second-order valence-corrected chi connectivity index (χ2v) is 8.97. The van der Waals surface area contributed by atoms with Crippen LogP contribution in [0.3, 0.4) is 0 Å². The van der Waals surface area contributed by atoms with Crippen LogP contribution in [0.15, 0.2) is 18.2 Å². The summed E-state index contributed by atoms with van der Waals surface area (Å²) in [4.78, 5) is 15.0. The lowest BCUT2D eigenvalue weighted by Gasteiger charge is -2.46. The summed E-state index contributed by atoms with van der Waals surface area (Å²) in [5, 5.41) is 21.2. The molecule has 2 fully saturated rings. The molecule has 164 valence electrons. The van der Waals surface area contributed by atoms with Crippen molar-refractivity contribution in [1.29, 1.82) is 0 Å². The minimum atomic E-state index is 0.00634. The maximum Gasteiger partial charge on any atom is 0.239 e. The van der Waals surface area contributed by atoms with Gasteiger partial charge in [-0.1, -0.05) is 25.0 Å². The Morgan fingerprint density at radius 1 is 1.23 bits per heavy atom. The molecule has 2 aliphatic rings. The third kappa shape index (κ3) is 4.62. The number of hydrogen-bond acceptors (Lipinski definition) is 5. The molecule has 30 heavy (non-hydrogen) atoms. The fraction of sp³-hybridized carbons (Fsp3) is 0.652. The van der Waals surface area contributed by atoms with E-state index >= 15 is 0 Å². The van der Waals surface area contributed by atoms with Crippen LogP contribution in [0.25, 0.3) is 10.9 Å². The topological polar surface area (TPSA) is 82.4 Å². The van der Waals surface area contributed by atoms with Crippen molar-refractivity contribution in [2.75, 3.05) is 31.6 Å². The lowest BCUT2D eigenvalue weighted by molar-refractivity contribution is -0.121. The standard InChI is InChI=1S/C23H35N5O2/c1-3-17-5-7-19(8-6-17)27-14-18(15-27)25-22(30)13-24-23-20-12-16(2)4-9-21(20)28(26-23)10-11-29/h4,9,12,17-19,29H,3,5-8,10-11,13-15H2,1-2H3,(H,24,26)(H,25,30)/t17-,19+. The molecule has 1 saturated carbocycles. The Hall–Kier alpha value is -2.12. The van der Waals surface area contributed by atoms with Crippen molar-refractivity contribution in [2.45, 2.75) is 64.6 Å². The van der Waals surface area contributed by atoms with E-state index in [2.05, 4.69) is 33.6 Å². The molecule has 3 N–H and O–H groups in total. The largest absolute Gasteiger partial charge is 0.394 e. The third-order valence-corrected chi connectivity index (χ3v) is 6.82. The molecule has 1 aromatic carbocycles. The number of hydrogen-bond donors (Lipinski definition) is 3. The quantitative estimate of drug-likeness (QED) is 0.620. The minimum Gasteiger partial charge on any atom is -0.394 e. The zero-order chi connectivity index (χ0) is 21.1. The Morgan fingerprint density at radius 2 is 2.00 bits per heavy atom. The van der Waals surface area contributed by atoms with Gasteiger partial charge in [0, 0.05) is 24.5 Å². The highest BCUT2D eigenvalue weighted by atomic mass is 16.3. The van der Waals surface area contributed by atoms with E-state index in [0.29, 0.717) is 18.4 Å². The van der Waals surface area contributed by atoms with Gasteiger partial charge in [0.25, 0.3) is 0 Å². The molecule has 4 rings (SSSR count). The van der Waals surface area contributed by atoms with Gasteiger partial charge < -0.3 is 15.7 Å². The molecule has 0 atom stereocenters. The molecule has 0 radical (unpaired) electrons. The van der Waals surface area contributed by atoms with Crippen LogP contribution >= 0.6 is 0 Å². The minimum absolute atomic E-state index is 0.00634. The summed E-state index contributed by atoms with van der Waals surface area (Å²) in [6, 6.07) is 7.08. The van der Waals surface area contributed by atoms with Gasteiger partial charge in [-0.05, 0) is 50.7 Å². The Kier molecular flexibility index (Phi) is 6.58. The van der Waals surface area contributed by atoms with E-state index in [1.54, 1.807) is 4.68 Å². The van der Waals surface area contributed by atoms with Crippen LogP contribution in [0.4, 0.5) is 5.82 Å². The van der Waals surface area contributed by atoms with Gasteiger partial charge in [0.15, 0.2) is 5.82 Å². The van der Waals surface area contributed by atoms with E-state index in [1.165, 1.54) is 32.1 Å². The van der Waals surface area contributed by atoms with Crippen molar-refractivity contribution in [2.24, 2.45) is 5.92 Å². The fourth-order valence-corrected chi connectivity index (χ4v) is 4.95. The molecule has 2 aromatic rings. The summed E-state index contributed by atoms with van der Waals surface area (Å²) >= 11 is 0. The smallest absolute Gasteiger partial charge is 0.239 e. The number of aliphatic hydroxyl groups is 1. The number of aromatic nitrogens is 2. The van der Waals surface area contributed by atoms with Crippen molar-refractivity contribution in [3.8, 4) is 0 Å². The van der Waals surface area contributed by atoms with Gasteiger partial charge in [-0.2, -0.15) is 5.10 Å². The monoisotopic (exact) mass is 413 g/mol. The molecule has 1 aromatic heterocycles.